The highest BCUT2D eigenvalue weighted by atomic mass is 16.2. The quantitative estimate of drug-likeness (QED) is 0.245. The molecule has 0 bridgehead atoms. The van der Waals surface area contributed by atoms with E-state index in [0.29, 0.717) is 38.8 Å². The van der Waals surface area contributed by atoms with Crippen LogP contribution in [0.15, 0.2) is 6.07 Å². The van der Waals surface area contributed by atoms with Crippen LogP contribution >= 0.6 is 0 Å². The summed E-state index contributed by atoms with van der Waals surface area (Å²) in [5, 5.41) is 9.58. The number of carbonyl (C=O) groups is 5. The van der Waals surface area contributed by atoms with Gasteiger partial charge in [0.1, 0.15) is 0 Å². The highest BCUT2D eigenvalue weighted by molar-refractivity contribution is 5.97. The Bertz CT molecular complexity index is 857. The Kier molecular flexibility index (Phi) is 18.7. The van der Waals surface area contributed by atoms with E-state index < -0.39 is 12.1 Å². The smallest absolute Gasteiger partial charge is 0.342 e. The SMILES string of the molecule is CC.Cc1cc(C)n(C(=O)NCCCCCCN(C=O)C(=O)N(CCCCCCNC=O)C(=O)N(C)C)n1. The molecule has 7 amide bonds. The lowest BCUT2D eigenvalue weighted by Gasteiger charge is -2.28. The van der Waals surface area contributed by atoms with Gasteiger partial charge in [-0.15, -0.1) is 0 Å². The Hall–Kier alpha value is -3.44. The van der Waals surface area contributed by atoms with Crippen molar-refractivity contribution < 1.29 is 24.0 Å². The number of rotatable bonds is 16. The first-order valence-corrected chi connectivity index (χ1v) is 13.5. The Morgan fingerprint density at radius 3 is 1.97 bits per heavy atom. The molecule has 0 saturated carbocycles. The first-order chi connectivity index (χ1) is 18.2. The summed E-state index contributed by atoms with van der Waals surface area (Å²) in [5.41, 5.74) is 1.56. The van der Waals surface area contributed by atoms with Crippen LogP contribution in [0.1, 0.15) is 76.6 Å². The van der Waals surface area contributed by atoms with Gasteiger partial charge in [-0.25, -0.2) is 19.3 Å². The van der Waals surface area contributed by atoms with E-state index in [-0.39, 0.29) is 19.1 Å². The molecule has 0 spiro atoms. The van der Waals surface area contributed by atoms with Gasteiger partial charge in [-0.3, -0.25) is 14.5 Å². The van der Waals surface area contributed by atoms with Crippen LogP contribution in [0.3, 0.4) is 0 Å². The standard InChI is InChI=1S/C24H41N7O5.C2H6/c1-20-17-21(2)31(27-20)22(34)26-14-10-6-7-11-15-29(19-33)24(36)30(23(35)28(3)4)16-12-8-5-9-13-25-18-32;1-2/h17-19H,5-16H2,1-4H3,(H,25,32)(H,26,34);1-2H3. The monoisotopic (exact) mass is 537 g/mol. The van der Waals surface area contributed by atoms with Crippen molar-refractivity contribution in [3.63, 3.8) is 0 Å². The molecule has 1 aromatic rings. The maximum atomic E-state index is 12.9. The zero-order chi connectivity index (χ0) is 28.9. The fourth-order valence-corrected chi connectivity index (χ4v) is 3.64. The van der Waals surface area contributed by atoms with E-state index in [9.17, 15) is 24.0 Å². The minimum atomic E-state index is -0.622. The molecule has 1 aromatic heterocycles. The average Bonchev–Trinajstić information content (AvgIpc) is 3.25. The van der Waals surface area contributed by atoms with Crippen molar-refractivity contribution in [2.24, 2.45) is 0 Å². The molecule has 0 radical (unpaired) electrons. The van der Waals surface area contributed by atoms with Gasteiger partial charge in [0.05, 0.1) is 5.69 Å². The van der Waals surface area contributed by atoms with Gasteiger partial charge in [0.2, 0.25) is 12.8 Å². The van der Waals surface area contributed by atoms with Crippen molar-refractivity contribution >= 4 is 30.9 Å². The van der Waals surface area contributed by atoms with Gasteiger partial charge in [-0.1, -0.05) is 39.5 Å². The lowest BCUT2D eigenvalue weighted by molar-refractivity contribution is -0.116. The fraction of sp³-hybridized carbons (Fsp3) is 0.692. The van der Waals surface area contributed by atoms with Crippen LogP contribution in [0.25, 0.3) is 0 Å². The molecule has 2 N–H and O–H groups in total. The lowest BCUT2D eigenvalue weighted by atomic mass is 10.2. The van der Waals surface area contributed by atoms with Crippen molar-refractivity contribution in [2.75, 3.05) is 40.3 Å². The van der Waals surface area contributed by atoms with Crippen molar-refractivity contribution in [1.29, 1.82) is 0 Å². The van der Waals surface area contributed by atoms with Crippen LogP contribution in [-0.2, 0) is 9.59 Å². The number of carbonyl (C=O) groups excluding carboxylic acids is 5. The summed E-state index contributed by atoms with van der Waals surface area (Å²) in [4.78, 5) is 62.9. The molecule has 0 saturated heterocycles. The first kappa shape index (κ1) is 34.6. The molecule has 12 heteroatoms. The van der Waals surface area contributed by atoms with Gasteiger partial charge in [0.25, 0.3) is 0 Å². The molecule has 0 aliphatic rings. The molecule has 0 aliphatic carbocycles. The van der Waals surface area contributed by atoms with Gasteiger partial charge in [0.15, 0.2) is 0 Å². The second-order valence-corrected chi connectivity index (χ2v) is 8.88. The molecule has 0 aliphatic heterocycles. The maximum Gasteiger partial charge on any atom is 0.342 e. The molecule has 0 aromatic carbocycles. The fourth-order valence-electron chi connectivity index (χ4n) is 3.64. The number of amides is 7. The minimum Gasteiger partial charge on any atom is -0.359 e. The van der Waals surface area contributed by atoms with Crippen molar-refractivity contribution in [3.8, 4) is 0 Å². The molecule has 216 valence electrons. The second kappa shape index (κ2) is 20.6. The normalized spacial score (nSPS) is 10.1. The Balaban J connectivity index is 0.00000667. The molecule has 0 unspecified atom stereocenters. The highest BCUT2D eigenvalue weighted by Gasteiger charge is 2.27. The van der Waals surface area contributed by atoms with Crippen LogP contribution in [0, 0.1) is 13.8 Å². The number of nitrogens with zero attached hydrogens (tertiary/aromatic N) is 5. The van der Waals surface area contributed by atoms with Crippen LogP contribution in [-0.4, -0.2) is 95.7 Å². The third-order valence-electron chi connectivity index (χ3n) is 5.56. The number of aromatic nitrogens is 2. The minimum absolute atomic E-state index is 0.217. The molecule has 1 rings (SSSR count). The Labute approximate surface area is 227 Å². The van der Waals surface area contributed by atoms with E-state index in [1.54, 1.807) is 14.1 Å². The largest absolute Gasteiger partial charge is 0.359 e. The number of imide groups is 2. The van der Waals surface area contributed by atoms with Gasteiger partial charge in [0, 0.05) is 46.0 Å². The van der Waals surface area contributed by atoms with Crippen molar-refractivity contribution in [1.82, 2.24) is 35.1 Å². The van der Waals surface area contributed by atoms with Gasteiger partial charge in [-0.05, 0) is 45.6 Å². The lowest BCUT2D eigenvalue weighted by Crippen LogP contribution is -2.50. The third-order valence-corrected chi connectivity index (χ3v) is 5.56. The molecule has 0 atom stereocenters. The zero-order valence-corrected chi connectivity index (χ0v) is 24.0. The molecule has 0 fully saturated rings. The molecular weight excluding hydrogens is 490 g/mol. The summed E-state index contributed by atoms with van der Waals surface area (Å²) in [6, 6.07) is 0.487. The Morgan fingerprint density at radius 1 is 0.868 bits per heavy atom. The molecule has 12 nitrogen and oxygen atoms in total. The Morgan fingerprint density at radius 2 is 1.45 bits per heavy atom. The number of aryl methyl sites for hydroxylation is 2. The van der Waals surface area contributed by atoms with E-state index in [0.717, 1.165) is 59.7 Å². The van der Waals surface area contributed by atoms with Gasteiger partial charge >= 0.3 is 18.1 Å². The zero-order valence-electron chi connectivity index (χ0n) is 24.0. The van der Waals surface area contributed by atoms with Crippen LogP contribution in [0.5, 0.6) is 0 Å². The third kappa shape index (κ3) is 13.2. The van der Waals surface area contributed by atoms with Crippen molar-refractivity contribution in [3.05, 3.63) is 17.5 Å². The summed E-state index contributed by atoms with van der Waals surface area (Å²) in [6.07, 6.45) is 7.16. The first-order valence-electron chi connectivity index (χ1n) is 13.5. The van der Waals surface area contributed by atoms with E-state index in [2.05, 4.69) is 15.7 Å². The number of nitrogens with one attached hydrogen (secondary N) is 2. The predicted molar refractivity (Wildman–Crippen MR) is 147 cm³/mol. The van der Waals surface area contributed by atoms with Crippen LogP contribution < -0.4 is 10.6 Å². The van der Waals surface area contributed by atoms with Crippen LogP contribution in [0.4, 0.5) is 14.4 Å². The molecular formula is C26H47N7O5. The van der Waals surface area contributed by atoms with E-state index in [4.69, 9.17) is 0 Å². The average molecular weight is 538 g/mol. The predicted octanol–water partition coefficient (Wildman–Crippen LogP) is 3.51. The summed E-state index contributed by atoms with van der Waals surface area (Å²) in [7, 11) is 3.12. The molecule has 38 heavy (non-hydrogen) atoms. The topological polar surface area (TPSA) is 137 Å². The number of hydrogen-bond donors (Lipinski definition) is 2. The van der Waals surface area contributed by atoms with E-state index >= 15 is 0 Å². The van der Waals surface area contributed by atoms with E-state index in [1.807, 2.05) is 33.8 Å². The number of unbranched alkanes of at least 4 members (excludes halogenated alkanes) is 6. The molecule has 1 heterocycles. The highest BCUT2D eigenvalue weighted by Crippen LogP contribution is 2.09. The number of hydrogen-bond acceptors (Lipinski definition) is 6. The summed E-state index contributed by atoms with van der Waals surface area (Å²) in [5.74, 6) is 0. The van der Waals surface area contributed by atoms with E-state index in [1.165, 1.54) is 9.58 Å². The van der Waals surface area contributed by atoms with Crippen LogP contribution in [0.2, 0.25) is 0 Å². The van der Waals surface area contributed by atoms with Gasteiger partial charge in [-0.2, -0.15) is 9.78 Å². The summed E-state index contributed by atoms with van der Waals surface area (Å²) in [6.45, 7) is 9.19. The van der Waals surface area contributed by atoms with Crippen molar-refractivity contribution in [2.45, 2.75) is 79.1 Å². The second-order valence-electron chi connectivity index (χ2n) is 8.88. The van der Waals surface area contributed by atoms with Gasteiger partial charge < -0.3 is 15.5 Å². The number of urea groups is 2. The summed E-state index contributed by atoms with van der Waals surface area (Å²) < 4.78 is 1.34. The maximum absolute atomic E-state index is 12.9. The summed E-state index contributed by atoms with van der Waals surface area (Å²) >= 11 is 0.